The maximum atomic E-state index is 12.9. The van der Waals surface area contributed by atoms with Gasteiger partial charge >= 0.3 is 0 Å². The molecule has 8 heteroatoms. The predicted molar refractivity (Wildman–Crippen MR) is 105 cm³/mol. The van der Waals surface area contributed by atoms with Crippen molar-refractivity contribution in [1.29, 1.82) is 0 Å². The first kappa shape index (κ1) is 17.8. The van der Waals surface area contributed by atoms with E-state index in [1.165, 1.54) is 6.20 Å². The Morgan fingerprint density at radius 2 is 1.82 bits per heavy atom. The van der Waals surface area contributed by atoms with Crippen LogP contribution in [0.1, 0.15) is 16.1 Å². The first-order valence-corrected chi connectivity index (χ1v) is 9.10. The molecule has 3 heterocycles. The van der Waals surface area contributed by atoms with Crippen LogP contribution in [0.4, 0.5) is 5.82 Å². The Bertz CT molecular complexity index is 1040. The third-order valence-corrected chi connectivity index (χ3v) is 4.80. The number of hydrogen-bond acceptors (Lipinski definition) is 6. The smallest absolute Gasteiger partial charge is 0.290 e. The van der Waals surface area contributed by atoms with Gasteiger partial charge in [-0.15, -0.1) is 0 Å². The standard InChI is InChI=1S/C20H20N6O2/c1-14-16(13-23-17(24-14)15-5-3-2-4-6-15)20(28)26-11-9-25(10-12-26)18-19(27)22-8-7-21-18/h2-8,13H,9-12H2,1H3,(H,22,27). The quantitative estimate of drug-likeness (QED) is 0.744. The molecule has 0 aliphatic carbocycles. The molecule has 1 aliphatic rings. The molecule has 1 N–H and O–H groups in total. The zero-order valence-electron chi connectivity index (χ0n) is 15.5. The molecule has 0 atom stereocenters. The van der Waals surface area contributed by atoms with E-state index in [2.05, 4.69) is 19.9 Å². The predicted octanol–water partition coefficient (Wildman–Crippen LogP) is 1.50. The Balaban J connectivity index is 1.47. The molecule has 1 saturated heterocycles. The number of H-pyrrole nitrogens is 1. The average Bonchev–Trinajstić information content (AvgIpc) is 2.74. The first-order chi connectivity index (χ1) is 13.6. The van der Waals surface area contributed by atoms with Crippen LogP contribution in [0.25, 0.3) is 11.4 Å². The minimum Gasteiger partial charge on any atom is -0.348 e. The van der Waals surface area contributed by atoms with Gasteiger partial charge in [0.15, 0.2) is 11.6 Å². The number of piperazine rings is 1. The van der Waals surface area contributed by atoms with E-state index in [-0.39, 0.29) is 11.5 Å². The molecule has 2 aromatic heterocycles. The molecule has 1 amide bonds. The second kappa shape index (κ2) is 7.59. The minimum atomic E-state index is -0.219. The van der Waals surface area contributed by atoms with Crippen LogP contribution in [0.5, 0.6) is 0 Å². The van der Waals surface area contributed by atoms with Gasteiger partial charge in [-0.3, -0.25) is 9.59 Å². The van der Waals surface area contributed by atoms with Crippen molar-refractivity contribution in [2.75, 3.05) is 31.1 Å². The van der Waals surface area contributed by atoms with Crippen LogP contribution in [0.2, 0.25) is 0 Å². The number of carbonyl (C=O) groups excluding carboxylic acids is 1. The van der Waals surface area contributed by atoms with Gasteiger partial charge in [-0.05, 0) is 6.92 Å². The zero-order chi connectivity index (χ0) is 19.5. The van der Waals surface area contributed by atoms with Gasteiger partial charge in [0, 0.05) is 50.3 Å². The summed E-state index contributed by atoms with van der Waals surface area (Å²) in [5.41, 5.74) is 1.85. The van der Waals surface area contributed by atoms with E-state index in [0.717, 1.165) is 5.56 Å². The van der Waals surface area contributed by atoms with Gasteiger partial charge < -0.3 is 14.8 Å². The Kier molecular flexibility index (Phi) is 4.84. The van der Waals surface area contributed by atoms with Crippen LogP contribution >= 0.6 is 0 Å². The molecule has 0 bridgehead atoms. The van der Waals surface area contributed by atoms with Gasteiger partial charge in [0.1, 0.15) is 0 Å². The summed E-state index contributed by atoms with van der Waals surface area (Å²) in [4.78, 5) is 44.1. The summed E-state index contributed by atoms with van der Waals surface area (Å²) in [5.74, 6) is 0.905. The second-order valence-electron chi connectivity index (χ2n) is 6.58. The van der Waals surface area contributed by atoms with Crippen LogP contribution in [-0.4, -0.2) is 56.9 Å². The van der Waals surface area contributed by atoms with Crippen molar-refractivity contribution in [2.45, 2.75) is 6.92 Å². The van der Waals surface area contributed by atoms with Crippen LogP contribution < -0.4 is 10.5 Å². The maximum absolute atomic E-state index is 12.9. The monoisotopic (exact) mass is 376 g/mol. The molecule has 1 fully saturated rings. The summed E-state index contributed by atoms with van der Waals surface area (Å²) in [6, 6.07) is 9.68. The summed E-state index contributed by atoms with van der Waals surface area (Å²) in [6.45, 7) is 3.94. The number of carbonyl (C=O) groups is 1. The molecule has 4 rings (SSSR count). The fourth-order valence-corrected chi connectivity index (χ4v) is 3.26. The number of rotatable bonds is 3. The largest absolute Gasteiger partial charge is 0.348 e. The Morgan fingerprint density at radius 1 is 1.07 bits per heavy atom. The highest BCUT2D eigenvalue weighted by Crippen LogP contribution is 2.18. The number of benzene rings is 1. The summed E-state index contributed by atoms with van der Waals surface area (Å²) < 4.78 is 0. The third-order valence-electron chi connectivity index (χ3n) is 4.80. The van der Waals surface area contributed by atoms with Crippen molar-refractivity contribution in [3.8, 4) is 11.4 Å². The van der Waals surface area contributed by atoms with Crippen molar-refractivity contribution >= 4 is 11.7 Å². The number of aromatic nitrogens is 4. The van der Waals surface area contributed by atoms with Gasteiger partial charge in [0.25, 0.3) is 11.5 Å². The lowest BCUT2D eigenvalue weighted by Crippen LogP contribution is -2.50. The van der Waals surface area contributed by atoms with Gasteiger partial charge in [-0.1, -0.05) is 30.3 Å². The van der Waals surface area contributed by atoms with Crippen molar-refractivity contribution in [2.24, 2.45) is 0 Å². The SMILES string of the molecule is Cc1nc(-c2ccccc2)ncc1C(=O)N1CCN(c2ncc[nH]c2=O)CC1. The van der Waals surface area contributed by atoms with Gasteiger partial charge in [0.2, 0.25) is 0 Å². The fraction of sp³-hybridized carbons (Fsp3) is 0.250. The molecule has 0 spiro atoms. The maximum Gasteiger partial charge on any atom is 0.290 e. The third kappa shape index (κ3) is 3.48. The van der Waals surface area contributed by atoms with Crippen LogP contribution in [-0.2, 0) is 0 Å². The van der Waals surface area contributed by atoms with E-state index in [0.29, 0.717) is 49.1 Å². The molecule has 0 saturated carbocycles. The summed E-state index contributed by atoms with van der Waals surface area (Å²) in [7, 11) is 0. The first-order valence-electron chi connectivity index (χ1n) is 9.10. The number of aryl methyl sites for hydroxylation is 1. The highest BCUT2D eigenvalue weighted by atomic mass is 16.2. The van der Waals surface area contributed by atoms with Crippen LogP contribution in [0.15, 0.2) is 53.7 Å². The lowest BCUT2D eigenvalue weighted by atomic mass is 10.1. The molecule has 3 aromatic rings. The molecule has 0 radical (unpaired) electrons. The molecular formula is C20H20N6O2. The fourth-order valence-electron chi connectivity index (χ4n) is 3.26. The molecule has 28 heavy (non-hydrogen) atoms. The molecule has 0 unspecified atom stereocenters. The Morgan fingerprint density at radius 3 is 2.50 bits per heavy atom. The average molecular weight is 376 g/mol. The molecule has 1 aromatic carbocycles. The number of nitrogens with zero attached hydrogens (tertiary/aromatic N) is 5. The highest BCUT2D eigenvalue weighted by molar-refractivity contribution is 5.95. The van der Waals surface area contributed by atoms with Crippen molar-refractivity contribution in [3.63, 3.8) is 0 Å². The lowest BCUT2D eigenvalue weighted by molar-refractivity contribution is 0.0745. The van der Waals surface area contributed by atoms with Gasteiger partial charge in [-0.2, -0.15) is 0 Å². The minimum absolute atomic E-state index is 0.0910. The highest BCUT2D eigenvalue weighted by Gasteiger charge is 2.25. The Labute approximate surface area is 161 Å². The van der Waals surface area contributed by atoms with E-state index in [9.17, 15) is 9.59 Å². The molecule has 8 nitrogen and oxygen atoms in total. The van der Waals surface area contributed by atoms with E-state index in [1.54, 1.807) is 17.3 Å². The summed E-state index contributed by atoms with van der Waals surface area (Å²) >= 11 is 0. The number of anilines is 1. The van der Waals surface area contributed by atoms with E-state index >= 15 is 0 Å². The number of amides is 1. The number of aromatic amines is 1. The second-order valence-corrected chi connectivity index (χ2v) is 6.58. The van der Waals surface area contributed by atoms with Crippen molar-refractivity contribution in [3.05, 3.63) is 70.5 Å². The normalized spacial score (nSPS) is 14.2. The molecular weight excluding hydrogens is 356 g/mol. The zero-order valence-corrected chi connectivity index (χ0v) is 15.5. The molecule has 142 valence electrons. The van der Waals surface area contributed by atoms with Gasteiger partial charge in [0.05, 0.1) is 11.3 Å². The van der Waals surface area contributed by atoms with E-state index in [4.69, 9.17) is 0 Å². The summed E-state index contributed by atoms with van der Waals surface area (Å²) in [5, 5.41) is 0. The number of hydrogen-bond donors (Lipinski definition) is 1. The van der Waals surface area contributed by atoms with Crippen LogP contribution in [0, 0.1) is 6.92 Å². The Hall–Kier alpha value is -3.55. The van der Waals surface area contributed by atoms with Crippen molar-refractivity contribution in [1.82, 2.24) is 24.8 Å². The van der Waals surface area contributed by atoms with E-state index in [1.807, 2.05) is 42.2 Å². The topological polar surface area (TPSA) is 95.1 Å². The van der Waals surface area contributed by atoms with Crippen molar-refractivity contribution < 1.29 is 4.79 Å². The summed E-state index contributed by atoms with van der Waals surface area (Å²) in [6.07, 6.45) is 4.67. The van der Waals surface area contributed by atoms with Crippen LogP contribution in [0.3, 0.4) is 0 Å². The van der Waals surface area contributed by atoms with Gasteiger partial charge in [-0.25, -0.2) is 15.0 Å². The van der Waals surface area contributed by atoms with E-state index < -0.39 is 0 Å². The molecule has 1 aliphatic heterocycles. The number of nitrogens with one attached hydrogen (secondary N) is 1. The lowest BCUT2D eigenvalue weighted by Gasteiger charge is -2.35.